The van der Waals surface area contributed by atoms with Crippen LogP contribution in [0.5, 0.6) is 0 Å². The molecule has 2 aromatic rings. The molecule has 0 amide bonds. The van der Waals surface area contributed by atoms with Gasteiger partial charge in [0.05, 0.1) is 11.5 Å². The minimum absolute atomic E-state index is 0.179. The first-order valence-electron chi connectivity index (χ1n) is 6.78. The Morgan fingerprint density at radius 3 is 3.00 bits per heavy atom. The van der Waals surface area contributed by atoms with Crippen LogP contribution in [0.2, 0.25) is 0 Å². The molecule has 1 aliphatic heterocycles. The Hall–Kier alpha value is -1.40. The van der Waals surface area contributed by atoms with Gasteiger partial charge in [0.1, 0.15) is 11.6 Å². The molecule has 1 N–H and O–H groups in total. The molecule has 0 saturated carbocycles. The zero-order valence-electron chi connectivity index (χ0n) is 11.0. The summed E-state index contributed by atoms with van der Waals surface area (Å²) < 4.78 is 16.0. The molecule has 6 heteroatoms. The second kappa shape index (κ2) is 5.93. The number of halogens is 1. The average molecular weight is 293 g/mol. The molecule has 1 aliphatic rings. The van der Waals surface area contributed by atoms with Crippen molar-refractivity contribution in [2.75, 3.05) is 0 Å². The Morgan fingerprint density at radius 1 is 1.25 bits per heavy atom. The third kappa shape index (κ3) is 2.58. The van der Waals surface area contributed by atoms with Gasteiger partial charge in [-0.3, -0.25) is 0 Å². The second-order valence-electron chi connectivity index (χ2n) is 4.85. The molecule has 0 radical (unpaired) electrons. The molecule has 0 fully saturated rings. The number of benzene rings is 1. The number of fused-ring (bicyclic) bond motifs is 1. The van der Waals surface area contributed by atoms with Crippen molar-refractivity contribution < 1.29 is 9.50 Å². The highest BCUT2D eigenvalue weighted by Gasteiger charge is 2.18. The van der Waals surface area contributed by atoms with E-state index in [1.54, 1.807) is 12.1 Å². The molecule has 1 aromatic carbocycles. The fourth-order valence-electron chi connectivity index (χ4n) is 2.42. The van der Waals surface area contributed by atoms with Crippen LogP contribution in [0, 0.1) is 5.82 Å². The maximum Gasteiger partial charge on any atom is 0.196 e. The molecular formula is C14H16FN3OS. The standard InChI is InChI=1S/C14H16FN3OS/c15-11-6-4-5-10(9-19)13(11)20-14-17-16-12-7-2-1-3-8-18(12)14/h4-6,19H,1-3,7-9H2. The van der Waals surface area contributed by atoms with E-state index in [1.807, 2.05) is 0 Å². The van der Waals surface area contributed by atoms with Crippen LogP contribution >= 0.6 is 11.8 Å². The number of hydrogen-bond acceptors (Lipinski definition) is 4. The topological polar surface area (TPSA) is 50.9 Å². The van der Waals surface area contributed by atoms with Gasteiger partial charge in [-0.2, -0.15) is 0 Å². The summed E-state index contributed by atoms with van der Waals surface area (Å²) in [6.07, 6.45) is 4.35. The molecule has 0 atom stereocenters. The van der Waals surface area contributed by atoms with E-state index >= 15 is 0 Å². The Labute approximate surface area is 121 Å². The highest BCUT2D eigenvalue weighted by atomic mass is 32.2. The zero-order valence-corrected chi connectivity index (χ0v) is 11.9. The Bertz CT molecular complexity index is 614. The van der Waals surface area contributed by atoms with Crippen molar-refractivity contribution in [3.05, 3.63) is 35.4 Å². The van der Waals surface area contributed by atoms with Crippen molar-refractivity contribution in [1.82, 2.24) is 14.8 Å². The SMILES string of the molecule is OCc1cccc(F)c1Sc1nnc2n1CCCCC2. The monoisotopic (exact) mass is 293 g/mol. The van der Waals surface area contributed by atoms with Gasteiger partial charge >= 0.3 is 0 Å². The fraction of sp³-hybridized carbons (Fsp3) is 0.429. The molecule has 0 unspecified atom stereocenters. The van der Waals surface area contributed by atoms with E-state index in [0.717, 1.165) is 31.6 Å². The largest absolute Gasteiger partial charge is 0.392 e. The Kier molecular flexibility index (Phi) is 4.03. The average Bonchev–Trinajstić information content (AvgIpc) is 2.69. The molecule has 1 aromatic heterocycles. The molecule has 4 nitrogen and oxygen atoms in total. The van der Waals surface area contributed by atoms with Crippen LogP contribution in [0.25, 0.3) is 0 Å². The highest BCUT2D eigenvalue weighted by Crippen LogP contribution is 2.33. The van der Waals surface area contributed by atoms with Crippen LogP contribution in [-0.2, 0) is 19.6 Å². The number of hydrogen-bond donors (Lipinski definition) is 1. The zero-order chi connectivity index (χ0) is 13.9. The lowest BCUT2D eigenvalue weighted by molar-refractivity contribution is 0.277. The van der Waals surface area contributed by atoms with Gasteiger partial charge in [-0.1, -0.05) is 18.6 Å². The van der Waals surface area contributed by atoms with E-state index in [9.17, 15) is 9.50 Å². The van der Waals surface area contributed by atoms with E-state index in [4.69, 9.17) is 0 Å². The number of aromatic nitrogens is 3. The first kappa shape index (κ1) is 13.6. The van der Waals surface area contributed by atoms with E-state index in [2.05, 4.69) is 14.8 Å². The summed E-state index contributed by atoms with van der Waals surface area (Å²) in [5.74, 6) is 0.652. The summed E-state index contributed by atoms with van der Waals surface area (Å²) in [6.45, 7) is 0.703. The van der Waals surface area contributed by atoms with Crippen molar-refractivity contribution >= 4 is 11.8 Å². The fourth-order valence-corrected chi connectivity index (χ4v) is 3.42. The van der Waals surface area contributed by atoms with Crippen LogP contribution in [-0.4, -0.2) is 19.9 Å². The minimum atomic E-state index is -0.326. The minimum Gasteiger partial charge on any atom is -0.392 e. The van der Waals surface area contributed by atoms with Gasteiger partial charge in [0.25, 0.3) is 0 Å². The smallest absolute Gasteiger partial charge is 0.196 e. The van der Waals surface area contributed by atoms with E-state index < -0.39 is 0 Å². The van der Waals surface area contributed by atoms with Crippen LogP contribution in [0.1, 0.15) is 30.7 Å². The Morgan fingerprint density at radius 2 is 2.15 bits per heavy atom. The highest BCUT2D eigenvalue weighted by molar-refractivity contribution is 7.99. The molecule has 0 bridgehead atoms. The summed E-state index contributed by atoms with van der Waals surface area (Å²) >= 11 is 1.25. The molecule has 3 rings (SSSR count). The summed E-state index contributed by atoms with van der Waals surface area (Å²) in [7, 11) is 0. The third-order valence-electron chi connectivity index (χ3n) is 3.49. The molecule has 2 heterocycles. The van der Waals surface area contributed by atoms with Gasteiger partial charge in [-0.25, -0.2) is 4.39 Å². The van der Waals surface area contributed by atoms with Crippen molar-refractivity contribution in [1.29, 1.82) is 0 Å². The van der Waals surface area contributed by atoms with Gasteiger partial charge in [-0.15, -0.1) is 10.2 Å². The maximum atomic E-state index is 14.0. The Balaban J connectivity index is 1.94. The summed E-state index contributed by atoms with van der Waals surface area (Å²) in [5, 5.41) is 18.4. The van der Waals surface area contributed by atoms with Gasteiger partial charge in [0.15, 0.2) is 5.16 Å². The third-order valence-corrected chi connectivity index (χ3v) is 4.63. The molecule has 0 saturated heterocycles. The van der Waals surface area contributed by atoms with E-state index in [-0.39, 0.29) is 12.4 Å². The van der Waals surface area contributed by atoms with Crippen LogP contribution in [0.15, 0.2) is 28.3 Å². The predicted octanol–water partition coefficient (Wildman–Crippen LogP) is 2.79. The molecular weight excluding hydrogens is 277 g/mol. The van der Waals surface area contributed by atoms with Crippen LogP contribution < -0.4 is 0 Å². The molecule has 0 aliphatic carbocycles. The number of rotatable bonds is 3. The predicted molar refractivity (Wildman–Crippen MR) is 74.0 cm³/mol. The maximum absolute atomic E-state index is 14.0. The number of nitrogens with zero attached hydrogens (tertiary/aromatic N) is 3. The van der Waals surface area contributed by atoms with E-state index in [0.29, 0.717) is 15.6 Å². The van der Waals surface area contributed by atoms with Crippen molar-refractivity contribution in [2.45, 2.75) is 48.9 Å². The van der Waals surface area contributed by atoms with E-state index in [1.165, 1.54) is 24.2 Å². The lowest BCUT2D eigenvalue weighted by atomic mass is 10.2. The molecule has 106 valence electrons. The molecule has 20 heavy (non-hydrogen) atoms. The normalized spacial score (nSPS) is 14.9. The van der Waals surface area contributed by atoms with Gasteiger partial charge in [0, 0.05) is 13.0 Å². The molecule has 0 spiro atoms. The van der Waals surface area contributed by atoms with Gasteiger partial charge in [0.2, 0.25) is 0 Å². The summed E-state index contributed by atoms with van der Waals surface area (Å²) in [6, 6.07) is 4.74. The van der Waals surface area contributed by atoms with Gasteiger partial charge in [-0.05, 0) is 36.2 Å². The number of aliphatic hydroxyl groups is 1. The lowest BCUT2D eigenvalue weighted by Gasteiger charge is -2.09. The van der Waals surface area contributed by atoms with Crippen LogP contribution in [0.3, 0.4) is 0 Å². The summed E-state index contributed by atoms with van der Waals surface area (Å²) in [5.41, 5.74) is 0.584. The van der Waals surface area contributed by atoms with Crippen molar-refractivity contribution in [2.24, 2.45) is 0 Å². The second-order valence-corrected chi connectivity index (χ2v) is 5.83. The number of aryl methyl sites for hydroxylation is 1. The van der Waals surface area contributed by atoms with Crippen LogP contribution in [0.4, 0.5) is 4.39 Å². The lowest BCUT2D eigenvalue weighted by Crippen LogP contribution is -2.03. The quantitative estimate of drug-likeness (QED) is 0.945. The first-order chi connectivity index (χ1) is 9.79. The van der Waals surface area contributed by atoms with Gasteiger partial charge < -0.3 is 9.67 Å². The van der Waals surface area contributed by atoms with Crippen molar-refractivity contribution in [3.63, 3.8) is 0 Å². The number of aliphatic hydroxyl groups excluding tert-OH is 1. The first-order valence-corrected chi connectivity index (χ1v) is 7.59. The van der Waals surface area contributed by atoms with Crippen molar-refractivity contribution in [3.8, 4) is 0 Å². The summed E-state index contributed by atoms with van der Waals surface area (Å²) in [4.78, 5) is 0.439.